The fraction of sp³-hybridized carbons (Fsp3) is 0.519. The third-order valence-corrected chi connectivity index (χ3v) is 8.07. The Balaban J connectivity index is 1.40. The van der Waals surface area contributed by atoms with Crippen LogP contribution >= 0.6 is 0 Å². The van der Waals surface area contributed by atoms with Gasteiger partial charge in [0, 0.05) is 11.8 Å². The Bertz CT molecular complexity index is 858. The van der Waals surface area contributed by atoms with E-state index in [1.807, 2.05) is 42.6 Å². The SMILES string of the molecule is Oc1c(C=Nc2ccccc2)cccc1C1CCCC2CC3CCCCC3CC21. The first kappa shape index (κ1) is 18.9. The lowest BCUT2D eigenvalue weighted by atomic mass is 9.56. The molecule has 0 saturated heterocycles. The Hall–Kier alpha value is -2.09. The van der Waals surface area contributed by atoms with E-state index in [0.717, 1.165) is 34.9 Å². The first-order valence-electron chi connectivity index (χ1n) is 11.7. The highest BCUT2D eigenvalue weighted by atomic mass is 16.3. The molecular formula is C27H33NO. The van der Waals surface area contributed by atoms with Crippen LogP contribution in [0.5, 0.6) is 5.75 Å². The minimum absolute atomic E-state index is 0.462. The molecule has 1 N–H and O–H groups in total. The van der Waals surface area contributed by atoms with Gasteiger partial charge in [-0.15, -0.1) is 0 Å². The molecule has 0 aromatic heterocycles. The molecule has 2 aromatic carbocycles. The number of hydrogen-bond acceptors (Lipinski definition) is 2. The van der Waals surface area contributed by atoms with Gasteiger partial charge in [0.2, 0.25) is 0 Å². The Morgan fingerprint density at radius 2 is 1.52 bits per heavy atom. The van der Waals surface area contributed by atoms with Gasteiger partial charge in [-0.1, -0.05) is 68.9 Å². The summed E-state index contributed by atoms with van der Waals surface area (Å²) in [4.78, 5) is 4.57. The van der Waals surface area contributed by atoms with Gasteiger partial charge in [-0.2, -0.15) is 0 Å². The molecule has 0 radical (unpaired) electrons. The molecule has 0 heterocycles. The van der Waals surface area contributed by atoms with Crippen molar-refractivity contribution < 1.29 is 5.11 Å². The van der Waals surface area contributed by atoms with E-state index in [9.17, 15) is 5.11 Å². The molecule has 5 atom stereocenters. The van der Waals surface area contributed by atoms with E-state index in [1.54, 1.807) is 0 Å². The van der Waals surface area contributed by atoms with Crippen LogP contribution in [0.4, 0.5) is 5.69 Å². The number of aliphatic imine (C=N–C) groups is 1. The quantitative estimate of drug-likeness (QED) is 0.553. The minimum atomic E-state index is 0.462. The lowest BCUT2D eigenvalue weighted by Crippen LogP contribution is -2.38. The van der Waals surface area contributed by atoms with Gasteiger partial charge in [0.1, 0.15) is 5.75 Å². The van der Waals surface area contributed by atoms with Crippen LogP contribution in [0, 0.1) is 23.7 Å². The molecule has 152 valence electrons. The zero-order valence-corrected chi connectivity index (χ0v) is 17.3. The number of phenols is 1. The van der Waals surface area contributed by atoms with E-state index in [0.29, 0.717) is 11.7 Å². The average molecular weight is 388 g/mol. The number of aromatic hydroxyl groups is 1. The first-order valence-corrected chi connectivity index (χ1v) is 11.7. The highest BCUT2D eigenvalue weighted by Crippen LogP contribution is 2.55. The second kappa shape index (κ2) is 8.34. The number of nitrogens with zero attached hydrogens (tertiary/aromatic N) is 1. The van der Waals surface area contributed by atoms with Crippen molar-refractivity contribution in [1.82, 2.24) is 0 Å². The van der Waals surface area contributed by atoms with Gasteiger partial charge in [0.15, 0.2) is 0 Å². The van der Waals surface area contributed by atoms with Gasteiger partial charge < -0.3 is 5.11 Å². The summed E-state index contributed by atoms with van der Waals surface area (Å²) in [6, 6.07) is 16.2. The van der Waals surface area contributed by atoms with E-state index >= 15 is 0 Å². The minimum Gasteiger partial charge on any atom is -0.507 e. The maximum absolute atomic E-state index is 11.2. The second-order valence-corrected chi connectivity index (χ2v) is 9.62. The number of hydrogen-bond donors (Lipinski definition) is 1. The van der Waals surface area contributed by atoms with Gasteiger partial charge in [-0.3, -0.25) is 4.99 Å². The summed E-state index contributed by atoms with van der Waals surface area (Å²) in [6.07, 6.45) is 14.4. The molecule has 0 amide bonds. The van der Waals surface area contributed by atoms with Crippen molar-refractivity contribution in [2.45, 2.75) is 63.7 Å². The number of rotatable bonds is 3. The van der Waals surface area contributed by atoms with Crippen LogP contribution < -0.4 is 0 Å². The molecule has 29 heavy (non-hydrogen) atoms. The zero-order chi connectivity index (χ0) is 19.6. The number of fused-ring (bicyclic) bond motifs is 2. The van der Waals surface area contributed by atoms with Crippen LogP contribution in [0.3, 0.4) is 0 Å². The zero-order valence-electron chi connectivity index (χ0n) is 17.3. The van der Waals surface area contributed by atoms with E-state index in [2.05, 4.69) is 17.1 Å². The van der Waals surface area contributed by atoms with Crippen molar-refractivity contribution >= 4 is 11.9 Å². The lowest BCUT2D eigenvalue weighted by molar-refractivity contribution is 0.0385. The number of phenolic OH excluding ortho intramolecular Hbond substituents is 1. The summed E-state index contributed by atoms with van der Waals surface area (Å²) in [7, 11) is 0. The monoisotopic (exact) mass is 387 g/mol. The number of para-hydroxylation sites is 2. The van der Waals surface area contributed by atoms with Crippen LogP contribution in [0.2, 0.25) is 0 Å². The van der Waals surface area contributed by atoms with Crippen molar-refractivity contribution in [3.05, 3.63) is 59.7 Å². The average Bonchev–Trinajstić information content (AvgIpc) is 2.77. The molecular weight excluding hydrogens is 354 g/mol. The second-order valence-electron chi connectivity index (χ2n) is 9.62. The van der Waals surface area contributed by atoms with E-state index in [-0.39, 0.29) is 0 Å². The van der Waals surface area contributed by atoms with Crippen LogP contribution in [-0.2, 0) is 0 Å². The molecule has 3 saturated carbocycles. The predicted molar refractivity (Wildman–Crippen MR) is 120 cm³/mol. The Morgan fingerprint density at radius 1 is 0.759 bits per heavy atom. The standard InChI is InChI=1S/C27H33NO/c29-27-22(18-28-23-12-2-1-3-13-23)11-7-15-25(27)24-14-6-10-21-16-19-8-4-5-9-20(19)17-26(21)24/h1-3,7,11-13,15,18-21,24,26,29H,4-6,8-10,14,16-17H2. The predicted octanol–water partition coefficient (Wildman–Crippen LogP) is 7.24. The molecule has 5 unspecified atom stereocenters. The van der Waals surface area contributed by atoms with E-state index < -0.39 is 0 Å². The van der Waals surface area contributed by atoms with Crippen LogP contribution in [0.1, 0.15) is 74.8 Å². The summed E-state index contributed by atoms with van der Waals surface area (Å²) in [5.74, 6) is 4.53. The molecule has 0 bridgehead atoms. The third-order valence-electron chi connectivity index (χ3n) is 8.07. The molecule has 2 nitrogen and oxygen atoms in total. The van der Waals surface area contributed by atoms with Gasteiger partial charge >= 0.3 is 0 Å². The molecule has 0 spiro atoms. The summed E-state index contributed by atoms with van der Waals surface area (Å²) in [5.41, 5.74) is 2.94. The van der Waals surface area contributed by atoms with Gasteiger partial charge in [0.05, 0.1) is 5.69 Å². The summed E-state index contributed by atoms with van der Waals surface area (Å²) >= 11 is 0. The van der Waals surface area contributed by atoms with Crippen molar-refractivity contribution in [3.8, 4) is 5.75 Å². The van der Waals surface area contributed by atoms with Crippen molar-refractivity contribution in [2.75, 3.05) is 0 Å². The summed E-state index contributed by atoms with van der Waals surface area (Å²) in [5, 5.41) is 11.2. The van der Waals surface area contributed by atoms with Crippen molar-refractivity contribution in [2.24, 2.45) is 28.7 Å². The Morgan fingerprint density at radius 3 is 2.34 bits per heavy atom. The van der Waals surface area contributed by atoms with Crippen LogP contribution in [0.25, 0.3) is 0 Å². The molecule has 3 aliphatic carbocycles. The van der Waals surface area contributed by atoms with Crippen LogP contribution in [-0.4, -0.2) is 11.3 Å². The smallest absolute Gasteiger partial charge is 0.127 e. The first-order chi connectivity index (χ1) is 14.3. The molecule has 3 aliphatic rings. The van der Waals surface area contributed by atoms with Gasteiger partial charge in [-0.05, 0) is 72.6 Å². The largest absolute Gasteiger partial charge is 0.507 e. The molecule has 5 rings (SSSR count). The van der Waals surface area contributed by atoms with Gasteiger partial charge in [0.25, 0.3) is 0 Å². The maximum Gasteiger partial charge on any atom is 0.127 e. The fourth-order valence-corrected chi connectivity index (χ4v) is 6.68. The summed E-state index contributed by atoms with van der Waals surface area (Å²) in [6.45, 7) is 0. The highest BCUT2D eigenvalue weighted by molar-refractivity contribution is 5.86. The number of benzene rings is 2. The maximum atomic E-state index is 11.2. The Kier molecular flexibility index (Phi) is 5.44. The fourth-order valence-electron chi connectivity index (χ4n) is 6.68. The normalized spacial score (nSPS) is 31.9. The van der Waals surface area contributed by atoms with Crippen LogP contribution in [0.15, 0.2) is 53.5 Å². The molecule has 3 fully saturated rings. The Labute approximate surface area is 175 Å². The topological polar surface area (TPSA) is 32.6 Å². The third kappa shape index (κ3) is 3.86. The molecule has 2 heteroatoms. The summed E-state index contributed by atoms with van der Waals surface area (Å²) < 4.78 is 0. The lowest BCUT2D eigenvalue weighted by Gasteiger charge is -2.49. The highest BCUT2D eigenvalue weighted by Gasteiger charge is 2.43. The van der Waals surface area contributed by atoms with E-state index in [1.165, 1.54) is 63.4 Å². The van der Waals surface area contributed by atoms with Crippen molar-refractivity contribution in [1.29, 1.82) is 0 Å². The van der Waals surface area contributed by atoms with Gasteiger partial charge in [-0.25, -0.2) is 0 Å². The van der Waals surface area contributed by atoms with Crippen molar-refractivity contribution in [3.63, 3.8) is 0 Å². The van der Waals surface area contributed by atoms with E-state index in [4.69, 9.17) is 0 Å². The molecule has 0 aliphatic heterocycles. The molecule has 2 aromatic rings.